The van der Waals surface area contributed by atoms with Crippen LogP contribution in [0.5, 0.6) is 0 Å². The number of morpholine rings is 1. The van der Waals surface area contributed by atoms with Gasteiger partial charge in [0.1, 0.15) is 11.9 Å². The largest absolute Gasteiger partial charge is 0.366 e. The number of rotatable bonds is 3. The second-order valence-electron chi connectivity index (χ2n) is 6.43. The van der Waals surface area contributed by atoms with Gasteiger partial charge in [0.2, 0.25) is 5.91 Å². The molecule has 3 rings (SSSR count). The third-order valence-electron chi connectivity index (χ3n) is 4.61. The number of nitrogens with zero attached hydrogens (tertiary/aromatic N) is 2. The topological polar surface area (TPSA) is 61.9 Å². The Bertz CT molecular complexity index is 619. The van der Waals surface area contributed by atoms with E-state index in [1.54, 1.807) is 21.9 Å². The monoisotopic (exact) mass is 349 g/mol. The van der Waals surface area contributed by atoms with Gasteiger partial charge in [-0.1, -0.05) is 12.1 Å². The summed E-state index contributed by atoms with van der Waals surface area (Å²) in [6.45, 7) is 4.10. The summed E-state index contributed by atoms with van der Waals surface area (Å²) in [6, 6.07) is 6.12. The lowest BCUT2D eigenvalue weighted by Gasteiger charge is -2.29. The quantitative estimate of drug-likeness (QED) is 0.859. The Balaban J connectivity index is 1.53. The van der Waals surface area contributed by atoms with E-state index in [9.17, 15) is 14.0 Å². The smallest absolute Gasteiger partial charge is 0.253 e. The van der Waals surface area contributed by atoms with Gasteiger partial charge in [-0.05, 0) is 24.1 Å². The standard InChI is InChI=1S/C18H24FN3O3/c19-15-4-1-3-14(11-15)12-17(23)21-6-2-7-22(9-8-21)18(24)16-13-20-5-10-25-16/h1,3-4,11,16,20H,2,5-10,12-13H2. The number of carbonyl (C=O) groups is 2. The number of hydrogen-bond donors (Lipinski definition) is 1. The maximum atomic E-state index is 13.3. The summed E-state index contributed by atoms with van der Waals surface area (Å²) in [6.07, 6.45) is 0.491. The SMILES string of the molecule is O=C(Cc1cccc(F)c1)N1CCCN(C(=O)C2CNCCO2)CC1. The second kappa shape index (κ2) is 8.40. The molecule has 2 heterocycles. The number of halogens is 1. The lowest BCUT2D eigenvalue weighted by Crippen LogP contribution is -2.50. The number of benzene rings is 1. The van der Waals surface area contributed by atoms with Crippen LogP contribution in [0, 0.1) is 5.82 Å². The normalized spacial score (nSPS) is 21.7. The summed E-state index contributed by atoms with van der Waals surface area (Å²) in [5, 5.41) is 3.16. The summed E-state index contributed by atoms with van der Waals surface area (Å²) >= 11 is 0. The van der Waals surface area contributed by atoms with Crippen LogP contribution in [0.15, 0.2) is 24.3 Å². The molecule has 2 amide bonds. The van der Waals surface area contributed by atoms with Crippen molar-refractivity contribution in [3.05, 3.63) is 35.6 Å². The molecule has 2 fully saturated rings. The van der Waals surface area contributed by atoms with Crippen molar-refractivity contribution in [3.63, 3.8) is 0 Å². The number of amides is 2. The fraction of sp³-hybridized carbons (Fsp3) is 0.556. The molecule has 2 aliphatic heterocycles. The van der Waals surface area contributed by atoms with E-state index in [1.165, 1.54) is 12.1 Å². The third kappa shape index (κ3) is 4.76. The molecule has 0 aromatic heterocycles. The molecular formula is C18H24FN3O3. The average Bonchev–Trinajstić information content (AvgIpc) is 2.88. The van der Waals surface area contributed by atoms with Crippen LogP contribution < -0.4 is 5.32 Å². The number of ether oxygens (including phenoxy) is 1. The minimum atomic E-state index is -0.428. The summed E-state index contributed by atoms with van der Waals surface area (Å²) in [5.41, 5.74) is 0.670. The molecule has 1 unspecified atom stereocenters. The van der Waals surface area contributed by atoms with Crippen LogP contribution in [0.25, 0.3) is 0 Å². The molecule has 7 heteroatoms. The molecule has 2 saturated heterocycles. The Kier molecular flexibility index (Phi) is 5.99. The molecule has 0 radical (unpaired) electrons. The van der Waals surface area contributed by atoms with Gasteiger partial charge in [0, 0.05) is 39.3 Å². The molecule has 2 aliphatic rings. The van der Waals surface area contributed by atoms with E-state index in [1.807, 2.05) is 0 Å². The first kappa shape index (κ1) is 17.8. The van der Waals surface area contributed by atoms with E-state index >= 15 is 0 Å². The van der Waals surface area contributed by atoms with Crippen molar-refractivity contribution in [1.29, 1.82) is 0 Å². The van der Waals surface area contributed by atoms with E-state index in [0.717, 1.165) is 13.0 Å². The highest BCUT2D eigenvalue weighted by Gasteiger charge is 2.29. The van der Waals surface area contributed by atoms with Gasteiger partial charge in [0.15, 0.2) is 0 Å². The minimum Gasteiger partial charge on any atom is -0.366 e. The van der Waals surface area contributed by atoms with Crippen LogP contribution in [0.4, 0.5) is 4.39 Å². The Labute approximate surface area is 146 Å². The van der Waals surface area contributed by atoms with Crippen molar-refractivity contribution in [2.45, 2.75) is 18.9 Å². The maximum absolute atomic E-state index is 13.3. The molecule has 0 bridgehead atoms. The van der Waals surface area contributed by atoms with Crippen molar-refractivity contribution in [1.82, 2.24) is 15.1 Å². The number of hydrogen-bond acceptors (Lipinski definition) is 4. The molecule has 25 heavy (non-hydrogen) atoms. The van der Waals surface area contributed by atoms with Crippen molar-refractivity contribution in [3.8, 4) is 0 Å². The molecule has 1 aromatic rings. The molecule has 0 aliphatic carbocycles. The van der Waals surface area contributed by atoms with Crippen LogP contribution in [-0.4, -0.2) is 73.6 Å². The number of carbonyl (C=O) groups excluding carboxylic acids is 2. The highest BCUT2D eigenvalue weighted by atomic mass is 19.1. The predicted octanol–water partition coefficient (Wildman–Crippen LogP) is 0.418. The highest BCUT2D eigenvalue weighted by molar-refractivity contribution is 5.82. The van der Waals surface area contributed by atoms with Crippen LogP contribution in [0.2, 0.25) is 0 Å². The predicted molar refractivity (Wildman–Crippen MR) is 90.5 cm³/mol. The zero-order chi connectivity index (χ0) is 17.6. The maximum Gasteiger partial charge on any atom is 0.253 e. The van der Waals surface area contributed by atoms with Gasteiger partial charge < -0.3 is 19.9 Å². The fourth-order valence-electron chi connectivity index (χ4n) is 3.25. The summed E-state index contributed by atoms with van der Waals surface area (Å²) in [7, 11) is 0. The van der Waals surface area contributed by atoms with Gasteiger partial charge in [-0.2, -0.15) is 0 Å². The third-order valence-corrected chi connectivity index (χ3v) is 4.61. The van der Waals surface area contributed by atoms with E-state index in [4.69, 9.17) is 4.74 Å². The Hall–Kier alpha value is -1.99. The van der Waals surface area contributed by atoms with Crippen molar-refractivity contribution >= 4 is 11.8 Å². The minimum absolute atomic E-state index is 0.00775. The first-order valence-electron chi connectivity index (χ1n) is 8.77. The fourth-order valence-corrected chi connectivity index (χ4v) is 3.25. The summed E-state index contributed by atoms with van der Waals surface area (Å²) < 4.78 is 18.8. The van der Waals surface area contributed by atoms with Crippen LogP contribution in [0.1, 0.15) is 12.0 Å². The van der Waals surface area contributed by atoms with Gasteiger partial charge in [-0.15, -0.1) is 0 Å². The molecule has 136 valence electrons. The molecule has 0 saturated carbocycles. The zero-order valence-corrected chi connectivity index (χ0v) is 14.2. The van der Waals surface area contributed by atoms with Gasteiger partial charge in [-0.3, -0.25) is 9.59 Å². The van der Waals surface area contributed by atoms with Gasteiger partial charge >= 0.3 is 0 Å². The van der Waals surface area contributed by atoms with E-state index < -0.39 is 6.10 Å². The summed E-state index contributed by atoms with van der Waals surface area (Å²) in [4.78, 5) is 28.5. The zero-order valence-electron chi connectivity index (χ0n) is 14.2. The molecular weight excluding hydrogens is 325 g/mol. The first-order valence-corrected chi connectivity index (χ1v) is 8.77. The molecule has 1 aromatic carbocycles. The summed E-state index contributed by atoms with van der Waals surface area (Å²) in [5.74, 6) is -0.374. The molecule has 0 spiro atoms. The van der Waals surface area contributed by atoms with E-state index in [2.05, 4.69) is 5.32 Å². The van der Waals surface area contributed by atoms with Crippen molar-refractivity contribution < 1.29 is 18.7 Å². The lowest BCUT2D eigenvalue weighted by molar-refractivity contribution is -0.145. The van der Waals surface area contributed by atoms with Crippen molar-refractivity contribution in [2.24, 2.45) is 0 Å². The van der Waals surface area contributed by atoms with Gasteiger partial charge in [-0.25, -0.2) is 4.39 Å². The average molecular weight is 349 g/mol. The van der Waals surface area contributed by atoms with E-state index in [0.29, 0.717) is 44.9 Å². The Morgan fingerprint density at radius 3 is 2.76 bits per heavy atom. The van der Waals surface area contributed by atoms with Gasteiger partial charge in [0.05, 0.1) is 13.0 Å². The Morgan fingerprint density at radius 1 is 1.20 bits per heavy atom. The van der Waals surface area contributed by atoms with Gasteiger partial charge in [0.25, 0.3) is 5.91 Å². The van der Waals surface area contributed by atoms with Crippen LogP contribution in [0.3, 0.4) is 0 Å². The van der Waals surface area contributed by atoms with Crippen molar-refractivity contribution in [2.75, 3.05) is 45.9 Å². The molecule has 6 nitrogen and oxygen atoms in total. The second-order valence-corrected chi connectivity index (χ2v) is 6.43. The lowest BCUT2D eigenvalue weighted by atomic mass is 10.1. The number of nitrogens with one attached hydrogen (secondary N) is 1. The van der Waals surface area contributed by atoms with E-state index in [-0.39, 0.29) is 24.1 Å². The van der Waals surface area contributed by atoms with Crippen LogP contribution >= 0.6 is 0 Å². The highest BCUT2D eigenvalue weighted by Crippen LogP contribution is 2.11. The van der Waals surface area contributed by atoms with Crippen LogP contribution in [-0.2, 0) is 20.7 Å². The molecule has 1 atom stereocenters. The first-order chi connectivity index (χ1) is 12.1. The molecule has 1 N–H and O–H groups in total. The Morgan fingerprint density at radius 2 is 2.00 bits per heavy atom.